The molecule has 2 heterocycles. The van der Waals surface area contributed by atoms with Gasteiger partial charge in [0.05, 0.1) is 11.7 Å². The van der Waals surface area contributed by atoms with Gasteiger partial charge in [0.15, 0.2) is 0 Å². The summed E-state index contributed by atoms with van der Waals surface area (Å²) in [6.07, 6.45) is 4.61. The van der Waals surface area contributed by atoms with Crippen LogP contribution >= 0.6 is 0 Å². The molecule has 0 spiro atoms. The Hall–Kier alpha value is -2.29. The monoisotopic (exact) mass is 223 g/mol. The highest BCUT2D eigenvalue weighted by atomic mass is 15.0. The molecule has 17 heavy (non-hydrogen) atoms. The van der Waals surface area contributed by atoms with E-state index in [1.807, 2.05) is 47.1 Å². The summed E-state index contributed by atoms with van der Waals surface area (Å²) in [6, 6.07) is 14.2. The first kappa shape index (κ1) is 9.90. The van der Waals surface area contributed by atoms with Crippen LogP contribution in [0.4, 0.5) is 5.69 Å². The number of nitrogens with zero attached hydrogens (tertiary/aromatic N) is 2. The van der Waals surface area contributed by atoms with Crippen molar-refractivity contribution < 1.29 is 0 Å². The van der Waals surface area contributed by atoms with Crippen LogP contribution in [0.2, 0.25) is 0 Å². The van der Waals surface area contributed by atoms with E-state index in [-0.39, 0.29) is 0 Å². The van der Waals surface area contributed by atoms with Gasteiger partial charge in [-0.05, 0) is 17.7 Å². The highest BCUT2D eigenvalue weighted by Gasteiger charge is 2.04. The molecule has 0 saturated heterocycles. The van der Waals surface area contributed by atoms with Crippen molar-refractivity contribution in [3.05, 3.63) is 66.2 Å². The van der Waals surface area contributed by atoms with Gasteiger partial charge in [-0.1, -0.05) is 30.3 Å². The van der Waals surface area contributed by atoms with Crippen molar-refractivity contribution in [2.75, 3.05) is 5.73 Å². The molecule has 2 N–H and O–H groups in total. The zero-order valence-corrected chi connectivity index (χ0v) is 9.38. The number of nitrogens with two attached hydrogens (primary N) is 1. The molecule has 0 radical (unpaired) electrons. The lowest BCUT2D eigenvalue weighted by atomic mass is 10.1. The third-order valence-corrected chi connectivity index (χ3v) is 2.83. The van der Waals surface area contributed by atoms with Gasteiger partial charge in [-0.3, -0.25) is 0 Å². The normalized spacial score (nSPS) is 10.8. The molecule has 0 unspecified atom stereocenters. The van der Waals surface area contributed by atoms with E-state index in [1.54, 1.807) is 0 Å². The Morgan fingerprint density at radius 1 is 1.06 bits per heavy atom. The van der Waals surface area contributed by atoms with Crippen molar-refractivity contribution in [3.63, 3.8) is 0 Å². The summed E-state index contributed by atoms with van der Waals surface area (Å²) < 4.78 is 2.04. The molecule has 0 aliphatic heterocycles. The van der Waals surface area contributed by atoms with Gasteiger partial charge < -0.3 is 10.1 Å². The van der Waals surface area contributed by atoms with E-state index in [2.05, 4.69) is 17.1 Å². The topological polar surface area (TPSA) is 43.3 Å². The minimum atomic E-state index is 0.754. The minimum absolute atomic E-state index is 0.754. The van der Waals surface area contributed by atoms with Gasteiger partial charge in [-0.15, -0.1) is 0 Å². The highest BCUT2D eigenvalue weighted by molar-refractivity contribution is 5.52. The number of aromatic nitrogens is 2. The van der Waals surface area contributed by atoms with Crippen molar-refractivity contribution in [2.24, 2.45) is 0 Å². The quantitative estimate of drug-likeness (QED) is 0.725. The number of hydrogen-bond acceptors (Lipinski definition) is 2. The molecule has 3 nitrogen and oxygen atoms in total. The van der Waals surface area contributed by atoms with E-state index in [0.717, 1.165) is 23.4 Å². The second kappa shape index (κ2) is 3.94. The first-order valence-corrected chi connectivity index (χ1v) is 5.58. The smallest absolute Gasteiger partial charge is 0.117 e. The fraction of sp³-hybridized carbons (Fsp3) is 0.0714. The van der Waals surface area contributed by atoms with E-state index in [1.165, 1.54) is 5.56 Å². The van der Waals surface area contributed by atoms with Crippen LogP contribution in [0, 0.1) is 0 Å². The number of anilines is 1. The third kappa shape index (κ3) is 1.87. The second-order valence-corrected chi connectivity index (χ2v) is 4.09. The van der Waals surface area contributed by atoms with Crippen LogP contribution in [0.5, 0.6) is 0 Å². The van der Waals surface area contributed by atoms with Gasteiger partial charge in [0.1, 0.15) is 5.82 Å². The Morgan fingerprint density at radius 2 is 1.88 bits per heavy atom. The van der Waals surface area contributed by atoms with Crippen LogP contribution in [0.15, 0.2) is 54.9 Å². The average molecular weight is 223 g/mol. The van der Waals surface area contributed by atoms with Crippen LogP contribution in [0.25, 0.3) is 5.52 Å². The molecule has 1 aromatic carbocycles. The number of imidazole rings is 1. The first-order valence-electron chi connectivity index (χ1n) is 5.58. The fourth-order valence-corrected chi connectivity index (χ4v) is 1.97. The molecule has 0 aliphatic carbocycles. The predicted octanol–water partition coefficient (Wildman–Crippen LogP) is 2.51. The third-order valence-electron chi connectivity index (χ3n) is 2.83. The molecule has 3 aromatic rings. The Morgan fingerprint density at radius 3 is 2.71 bits per heavy atom. The zero-order valence-electron chi connectivity index (χ0n) is 9.38. The summed E-state index contributed by atoms with van der Waals surface area (Å²) in [5.41, 5.74) is 8.88. The van der Waals surface area contributed by atoms with Crippen molar-refractivity contribution in [2.45, 2.75) is 6.42 Å². The minimum Gasteiger partial charge on any atom is -0.398 e. The standard InChI is InChI=1S/C14H13N3/c15-12-6-7-13-9-16-14(17(13)10-12)8-11-4-2-1-3-5-11/h1-7,9-10H,8,15H2. The number of benzene rings is 1. The molecule has 3 rings (SSSR count). The Labute approximate surface area is 99.5 Å². The largest absolute Gasteiger partial charge is 0.398 e. The van der Waals surface area contributed by atoms with E-state index in [9.17, 15) is 0 Å². The first-order chi connectivity index (χ1) is 8.33. The van der Waals surface area contributed by atoms with Crippen molar-refractivity contribution in [1.29, 1.82) is 0 Å². The van der Waals surface area contributed by atoms with Gasteiger partial charge in [-0.2, -0.15) is 0 Å². The molecular formula is C14H13N3. The van der Waals surface area contributed by atoms with Crippen LogP contribution in [0.3, 0.4) is 0 Å². The number of rotatable bonds is 2. The van der Waals surface area contributed by atoms with Crippen molar-refractivity contribution in [3.8, 4) is 0 Å². The molecule has 0 fully saturated rings. The lowest BCUT2D eigenvalue weighted by Crippen LogP contribution is -1.97. The summed E-state index contributed by atoms with van der Waals surface area (Å²) >= 11 is 0. The molecule has 0 amide bonds. The molecule has 0 saturated carbocycles. The van der Waals surface area contributed by atoms with E-state index in [0.29, 0.717) is 0 Å². The van der Waals surface area contributed by atoms with Crippen LogP contribution in [-0.4, -0.2) is 9.38 Å². The maximum atomic E-state index is 5.80. The molecule has 0 aliphatic rings. The SMILES string of the molecule is Nc1ccc2cnc(Cc3ccccc3)n2c1. The van der Waals surface area contributed by atoms with Gasteiger partial charge >= 0.3 is 0 Å². The van der Waals surface area contributed by atoms with Crippen molar-refractivity contribution >= 4 is 11.2 Å². The number of pyridine rings is 1. The van der Waals surface area contributed by atoms with Crippen LogP contribution < -0.4 is 5.73 Å². The van der Waals surface area contributed by atoms with E-state index in [4.69, 9.17) is 5.73 Å². The maximum absolute atomic E-state index is 5.80. The molecule has 84 valence electrons. The summed E-state index contributed by atoms with van der Waals surface area (Å²) in [5, 5.41) is 0. The highest BCUT2D eigenvalue weighted by Crippen LogP contribution is 2.13. The lowest BCUT2D eigenvalue weighted by Gasteiger charge is -2.02. The Bertz CT molecular complexity index is 641. The fourth-order valence-electron chi connectivity index (χ4n) is 1.97. The molecule has 3 heteroatoms. The molecule has 2 aromatic heterocycles. The summed E-state index contributed by atoms with van der Waals surface area (Å²) in [6.45, 7) is 0. The predicted molar refractivity (Wildman–Crippen MR) is 68.9 cm³/mol. The Balaban J connectivity index is 2.03. The maximum Gasteiger partial charge on any atom is 0.117 e. The van der Waals surface area contributed by atoms with E-state index >= 15 is 0 Å². The van der Waals surface area contributed by atoms with Crippen LogP contribution in [-0.2, 0) is 6.42 Å². The molecular weight excluding hydrogens is 210 g/mol. The number of fused-ring (bicyclic) bond motifs is 1. The van der Waals surface area contributed by atoms with Crippen LogP contribution in [0.1, 0.15) is 11.4 Å². The number of nitrogen functional groups attached to an aromatic ring is 1. The van der Waals surface area contributed by atoms with Gasteiger partial charge in [0, 0.05) is 18.3 Å². The summed E-state index contributed by atoms with van der Waals surface area (Å²) in [4.78, 5) is 4.44. The molecule has 0 atom stereocenters. The number of hydrogen-bond donors (Lipinski definition) is 1. The van der Waals surface area contributed by atoms with Gasteiger partial charge in [0.25, 0.3) is 0 Å². The Kier molecular flexibility index (Phi) is 2.29. The zero-order chi connectivity index (χ0) is 11.7. The second-order valence-electron chi connectivity index (χ2n) is 4.09. The van der Waals surface area contributed by atoms with Gasteiger partial charge in [-0.25, -0.2) is 4.98 Å². The summed E-state index contributed by atoms with van der Waals surface area (Å²) in [7, 11) is 0. The van der Waals surface area contributed by atoms with E-state index < -0.39 is 0 Å². The lowest BCUT2D eigenvalue weighted by molar-refractivity contribution is 0.963. The molecule has 0 bridgehead atoms. The van der Waals surface area contributed by atoms with Gasteiger partial charge in [0.2, 0.25) is 0 Å². The van der Waals surface area contributed by atoms with Crippen molar-refractivity contribution in [1.82, 2.24) is 9.38 Å². The summed E-state index contributed by atoms with van der Waals surface area (Å²) in [5.74, 6) is 1.01. The average Bonchev–Trinajstić information content (AvgIpc) is 2.73.